The van der Waals surface area contributed by atoms with Gasteiger partial charge in [-0.2, -0.15) is 0 Å². The van der Waals surface area contributed by atoms with Crippen LogP contribution in [0.1, 0.15) is 5.56 Å². The molecule has 4 nitrogen and oxygen atoms in total. The van der Waals surface area contributed by atoms with Crippen LogP contribution in [0.5, 0.6) is 0 Å². The maximum absolute atomic E-state index is 14.2. The molecule has 0 spiro atoms. The lowest BCUT2D eigenvalue weighted by molar-refractivity contribution is 0.439. The molecule has 5 heteroatoms. The third-order valence-corrected chi connectivity index (χ3v) is 3.09. The van der Waals surface area contributed by atoms with E-state index in [0.717, 1.165) is 0 Å². The molecule has 0 atom stereocenters. The van der Waals surface area contributed by atoms with Crippen molar-refractivity contribution >= 4 is 5.88 Å². The molecule has 0 aliphatic heterocycles. The van der Waals surface area contributed by atoms with E-state index in [4.69, 9.17) is 10.3 Å². The molecule has 0 fully saturated rings. The van der Waals surface area contributed by atoms with E-state index in [1.165, 1.54) is 0 Å². The monoisotopic (exact) mass is 269 g/mol. The van der Waals surface area contributed by atoms with Gasteiger partial charge in [-0.15, -0.1) is 0 Å². The molecule has 2 aromatic heterocycles. The number of hydrogen-bond donors (Lipinski definition) is 1. The van der Waals surface area contributed by atoms with Gasteiger partial charge in [-0.05, 0) is 30.7 Å². The smallest absolute Gasteiger partial charge is 0.232 e. The van der Waals surface area contributed by atoms with Crippen LogP contribution in [-0.4, -0.2) is 10.1 Å². The second-order valence-corrected chi connectivity index (χ2v) is 4.42. The van der Waals surface area contributed by atoms with Crippen LogP contribution in [0.15, 0.2) is 47.1 Å². The fourth-order valence-electron chi connectivity index (χ4n) is 2.08. The van der Waals surface area contributed by atoms with Crippen molar-refractivity contribution < 1.29 is 8.91 Å². The molecule has 3 rings (SSSR count). The van der Waals surface area contributed by atoms with Crippen LogP contribution in [0.25, 0.3) is 22.5 Å². The van der Waals surface area contributed by atoms with Crippen LogP contribution in [0.4, 0.5) is 10.3 Å². The molecular weight excluding hydrogens is 257 g/mol. The molecule has 0 unspecified atom stereocenters. The molecule has 3 aromatic rings. The second kappa shape index (κ2) is 4.77. The molecule has 0 bridgehead atoms. The summed E-state index contributed by atoms with van der Waals surface area (Å²) in [6.45, 7) is 1.70. The largest absolute Gasteiger partial charge is 0.367 e. The Hall–Kier alpha value is -2.69. The highest BCUT2D eigenvalue weighted by molar-refractivity contribution is 5.85. The van der Waals surface area contributed by atoms with Crippen LogP contribution in [0.3, 0.4) is 0 Å². The number of rotatable bonds is 2. The summed E-state index contributed by atoms with van der Waals surface area (Å²) in [5.41, 5.74) is 8.17. The Kier molecular flexibility index (Phi) is 2.95. The molecule has 0 saturated heterocycles. The van der Waals surface area contributed by atoms with Crippen molar-refractivity contribution in [3.05, 3.63) is 54.0 Å². The van der Waals surface area contributed by atoms with E-state index in [1.54, 1.807) is 43.5 Å². The van der Waals surface area contributed by atoms with Gasteiger partial charge in [-0.1, -0.05) is 23.4 Å². The van der Waals surface area contributed by atoms with Crippen LogP contribution < -0.4 is 5.73 Å². The number of nitrogens with zero attached hydrogens (tertiary/aromatic N) is 2. The zero-order valence-electron chi connectivity index (χ0n) is 10.8. The zero-order valence-corrected chi connectivity index (χ0v) is 10.8. The van der Waals surface area contributed by atoms with Gasteiger partial charge in [0.1, 0.15) is 11.5 Å². The van der Waals surface area contributed by atoms with Crippen molar-refractivity contribution in [1.29, 1.82) is 0 Å². The fraction of sp³-hybridized carbons (Fsp3) is 0.0667. The third-order valence-electron chi connectivity index (χ3n) is 3.09. The van der Waals surface area contributed by atoms with Gasteiger partial charge < -0.3 is 10.3 Å². The first-order valence-electron chi connectivity index (χ1n) is 6.10. The molecule has 0 aliphatic carbocycles. The van der Waals surface area contributed by atoms with Crippen LogP contribution >= 0.6 is 0 Å². The van der Waals surface area contributed by atoms with Gasteiger partial charge in [0, 0.05) is 11.8 Å². The lowest BCUT2D eigenvalue weighted by Crippen LogP contribution is -1.93. The van der Waals surface area contributed by atoms with E-state index >= 15 is 0 Å². The van der Waals surface area contributed by atoms with Gasteiger partial charge in [0.2, 0.25) is 5.88 Å². The Balaban J connectivity index is 2.24. The maximum Gasteiger partial charge on any atom is 0.232 e. The SMILES string of the molecule is Cc1cccc(-c2noc(N)c2-c2ccccn2)c1F. The summed E-state index contributed by atoms with van der Waals surface area (Å²) in [5.74, 6) is -0.211. The van der Waals surface area contributed by atoms with Crippen molar-refractivity contribution in [3.63, 3.8) is 0 Å². The number of pyridine rings is 1. The van der Waals surface area contributed by atoms with Gasteiger partial charge in [0.05, 0.1) is 11.3 Å². The van der Waals surface area contributed by atoms with Gasteiger partial charge in [0.25, 0.3) is 0 Å². The second-order valence-electron chi connectivity index (χ2n) is 4.42. The number of nitrogen functional groups attached to an aromatic ring is 1. The summed E-state index contributed by atoms with van der Waals surface area (Å²) in [4.78, 5) is 4.22. The highest BCUT2D eigenvalue weighted by atomic mass is 19.1. The van der Waals surface area contributed by atoms with Crippen LogP contribution in [0, 0.1) is 12.7 Å². The maximum atomic E-state index is 14.2. The van der Waals surface area contributed by atoms with Crippen molar-refractivity contribution in [2.24, 2.45) is 0 Å². The zero-order chi connectivity index (χ0) is 14.1. The number of aryl methyl sites for hydroxylation is 1. The molecule has 0 aliphatic rings. The molecular formula is C15H12FN3O. The Morgan fingerprint density at radius 3 is 2.75 bits per heavy atom. The van der Waals surface area contributed by atoms with Gasteiger partial charge in [-0.25, -0.2) is 4.39 Å². The number of halogens is 1. The van der Waals surface area contributed by atoms with E-state index in [2.05, 4.69) is 10.1 Å². The Labute approximate surface area is 115 Å². The van der Waals surface area contributed by atoms with Crippen LogP contribution in [-0.2, 0) is 0 Å². The molecule has 1 aromatic carbocycles. The number of anilines is 1. The van der Waals surface area contributed by atoms with Gasteiger partial charge in [-0.3, -0.25) is 4.98 Å². The minimum atomic E-state index is -0.335. The molecule has 0 saturated carbocycles. The lowest BCUT2D eigenvalue weighted by Gasteiger charge is -2.04. The average molecular weight is 269 g/mol. The average Bonchev–Trinajstić information content (AvgIpc) is 2.84. The van der Waals surface area contributed by atoms with E-state index in [9.17, 15) is 4.39 Å². The Bertz CT molecular complexity index is 753. The molecule has 100 valence electrons. The van der Waals surface area contributed by atoms with Crippen molar-refractivity contribution in [1.82, 2.24) is 10.1 Å². The predicted molar refractivity (Wildman–Crippen MR) is 74.3 cm³/mol. The first-order valence-corrected chi connectivity index (χ1v) is 6.10. The summed E-state index contributed by atoms with van der Waals surface area (Å²) >= 11 is 0. The minimum absolute atomic E-state index is 0.125. The highest BCUT2D eigenvalue weighted by Crippen LogP contribution is 2.36. The predicted octanol–water partition coefficient (Wildman–Crippen LogP) is 3.43. The van der Waals surface area contributed by atoms with E-state index < -0.39 is 0 Å². The summed E-state index contributed by atoms with van der Waals surface area (Å²) in [6, 6.07) is 10.5. The normalized spacial score (nSPS) is 10.7. The van der Waals surface area contributed by atoms with Crippen molar-refractivity contribution in [2.45, 2.75) is 6.92 Å². The third kappa shape index (κ3) is 1.93. The Morgan fingerprint density at radius 1 is 1.15 bits per heavy atom. The summed E-state index contributed by atoms with van der Waals surface area (Å²) in [5, 5.41) is 3.88. The molecule has 2 heterocycles. The first kappa shape index (κ1) is 12.3. The highest BCUT2D eigenvalue weighted by Gasteiger charge is 2.21. The topological polar surface area (TPSA) is 64.9 Å². The van der Waals surface area contributed by atoms with Gasteiger partial charge >= 0.3 is 0 Å². The first-order chi connectivity index (χ1) is 9.68. The van der Waals surface area contributed by atoms with E-state index in [0.29, 0.717) is 28.1 Å². The van der Waals surface area contributed by atoms with Crippen LogP contribution in [0.2, 0.25) is 0 Å². The molecule has 0 amide bonds. The quantitative estimate of drug-likeness (QED) is 0.774. The summed E-state index contributed by atoms with van der Waals surface area (Å²) < 4.78 is 19.3. The van der Waals surface area contributed by atoms with Gasteiger partial charge in [0.15, 0.2) is 0 Å². The minimum Gasteiger partial charge on any atom is -0.367 e. The van der Waals surface area contributed by atoms with Crippen molar-refractivity contribution in [3.8, 4) is 22.5 Å². The Morgan fingerprint density at radius 2 is 2.00 bits per heavy atom. The number of hydrogen-bond acceptors (Lipinski definition) is 4. The summed E-state index contributed by atoms with van der Waals surface area (Å²) in [6.07, 6.45) is 1.64. The van der Waals surface area contributed by atoms with E-state index in [1.807, 2.05) is 6.07 Å². The number of aromatic nitrogens is 2. The molecule has 2 N–H and O–H groups in total. The number of nitrogens with two attached hydrogens (primary N) is 1. The van der Waals surface area contributed by atoms with E-state index in [-0.39, 0.29) is 11.7 Å². The standard InChI is InChI=1S/C15H12FN3O/c1-9-5-4-6-10(13(9)16)14-12(15(17)20-19-14)11-7-2-3-8-18-11/h2-8H,17H2,1H3. The summed E-state index contributed by atoms with van der Waals surface area (Å²) in [7, 11) is 0. The fourth-order valence-corrected chi connectivity index (χ4v) is 2.08. The molecule has 20 heavy (non-hydrogen) atoms. The molecule has 0 radical (unpaired) electrons. The lowest BCUT2D eigenvalue weighted by atomic mass is 10.0. The number of benzene rings is 1. The van der Waals surface area contributed by atoms with Crippen molar-refractivity contribution in [2.75, 3.05) is 5.73 Å².